The van der Waals surface area contributed by atoms with E-state index in [0.717, 1.165) is 6.42 Å². The predicted octanol–water partition coefficient (Wildman–Crippen LogP) is 2.20. The number of nitrogens with one attached hydrogen (secondary N) is 1. The number of sulfonamides is 1. The van der Waals surface area contributed by atoms with Crippen molar-refractivity contribution in [2.24, 2.45) is 5.92 Å². The van der Waals surface area contributed by atoms with Crippen molar-refractivity contribution in [3.8, 4) is 6.07 Å². The maximum Gasteiger partial charge on any atom is 0.243 e. The molecule has 1 heterocycles. The Hall–Kier alpha value is -1.45. The van der Waals surface area contributed by atoms with Gasteiger partial charge < -0.3 is 0 Å². The number of hydrogen-bond donors (Lipinski definition) is 1. The van der Waals surface area contributed by atoms with Gasteiger partial charge in [0.25, 0.3) is 0 Å². The SMILES string of the molecule is N#Cc1ncccc1S(=O)(=O)NCCC1CCCCC1. The lowest BCUT2D eigenvalue weighted by molar-refractivity contribution is 0.339. The van der Waals surface area contributed by atoms with Crippen LogP contribution in [0.4, 0.5) is 0 Å². The van der Waals surface area contributed by atoms with E-state index in [1.807, 2.05) is 6.07 Å². The van der Waals surface area contributed by atoms with Gasteiger partial charge in [-0.15, -0.1) is 0 Å². The second-order valence-electron chi connectivity index (χ2n) is 5.15. The maximum absolute atomic E-state index is 12.2. The van der Waals surface area contributed by atoms with Crippen molar-refractivity contribution >= 4 is 10.0 Å². The summed E-state index contributed by atoms with van der Waals surface area (Å²) >= 11 is 0. The van der Waals surface area contributed by atoms with E-state index < -0.39 is 10.0 Å². The summed E-state index contributed by atoms with van der Waals surface area (Å²) in [6, 6.07) is 4.75. The lowest BCUT2D eigenvalue weighted by atomic mass is 9.87. The van der Waals surface area contributed by atoms with Crippen molar-refractivity contribution in [2.75, 3.05) is 6.54 Å². The van der Waals surface area contributed by atoms with Gasteiger partial charge in [-0.2, -0.15) is 5.26 Å². The minimum absolute atomic E-state index is 0.0360. The highest BCUT2D eigenvalue weighted by atomic mass is 32.2. The Morgan fingerprint density at radius 1 is 1.35 bits per heavy atom. The first-order valence-electron chi connectivity index (χ1n) is 6.98. The lowest BCUT2D eigenvalue weighted by Gasteiger charge is -2.21. The molecule has 1 aromatic heterocycles. The van der Waals surface area contributed by atoms with Gasteiger partial charge in [-0.3, -0.25) is 0 Å². The monoisotopic (exact) mass is 293 g/mol. The van der Waals surface area contributed by atoms with E-state index in [9.17, 15) is 8.42 Å². The molecule has 2 rings (SSSR count). The Morgan fingerprint density at radius 3 is 2.80 bits per heavy atom. The molecule has 0 amide bonds. The zero-order valence-electron chi connectivity index (χ0n) is 11.4. The first-order chi connectivity index (χ1) is 9.63. The molecule has 0 atom stereocenters. The zero-order chi connectivity index (χ0) is 14.4. The summed E-state index contributed by atoms with van der Waals surface area (Å²) in [7, 11) is -3.64. The predicted molar refractivity (Wildman–Crippen MR) is 75.3 cm³/mol. The van der Waals surface area contributed by atoms with Crippen LogP contribution in [0.2, 0.25) is 0 Å². The molecule has 20 heavy (non-hydrogen) atoms. The van der Waals surface area contributed by atoms with Gasteiger partial charge in [0.15, 0.2) is 5.69 Å². The highest BCUT2D eigenvalue weighted by Crippen LogP contribution is 2.26. The summed E-state index contributed by atoms with van der Waals surface area (Å²) in [5.74, 6) is 0.621. The third kappa shape index (κ3) is 3.78. The smallest absolute Gasteiger partial charge is 0.243 e. The number of pyridine rings is 1. The molecule has 1 fully saturated rings. The lowest BCUT2D eigenvalue weighted by Crippen LogP contribution is -2.27. The summed E-state index contributed by atoms with van der Waals surface area (Å²) in [5, 5.41) is 8.91. The molecule has 0 aliphatic heterocycles. The van der Waals surface area contributed by atoms with Gasteiger partial charge in [0.05, 0.1) is 0 Å². The Balaban J connectivity index is 1.95. The van der Waals surface area contributed by atoms with Crippen molar-refractivity contribution in [2.45, 2.75) is 43.4 Å². The van der Waals surface area contributed by atoms with Gasteiger partial charge in [-0.1, -0.05) is 32.1 Å². The standard InChI is InChI=1S/C14H19N3O2S/c15-11-13-14(7-4-9-16-13)20(18,19)17-10-8-12-5-2-1-3-6-12/h4,7,9,12,17H,1-3,5-6,8,10H2. The van der Waals surface area contributed by atoms with E-state index in [0.29, 0.717) is 12.5 Å². The van der Waals surface area contributed by atoms with Crippen LogP contribution in [0, 0.1) is 17.2 Å². The molecule has 108 valence electrons. The third-order valence-electron chi connectivity index (χ3n) is 3.74. The molecule has 0 radical (unpaired) electrons. The van der Waals surface area contributed by atoms with Crippen LogP contribution in [-0.2, 0) is 10.0 Å². The summed E-state index contributed by atoms with van der Waals surface area (Å²) in [5.41, 5.74) is -0.0577. The highest BCUT2D eigenvalue weighted by Gasteiger charge is 2.20. The fourth-order valence-corrected chi connectivity index (χ4v) is 3.80. The second-order valence-corrected chi connectivity index (χ2v) is 6.89. The van der Waals surface area contributed by atoms with Crippen LogP contribution in [0.15, 0.2) is 23.2 Å². The quantitative estimate of drug-likeness (QED) is 0.902. The Kier molecular flexibility index (Phi) is 5.10. The van der Waals surface area contributed by atoms with Gasteiger partial charge in [0.1, 0.15) is 11.0 Å². The molecule has 1 saturated carbocycles. The summed E-state index contributed by atoms with van der Waals surface area (Å²) < 4.78 is 26.9. The maximum atomic E-state index is 12.2. The molecule has 0 saturated heterocycles. The number of rotatable bonds is 5. The first-order valence-corrected chi connectivity index (χ1v) is 8.46. The van der Waals surface area contributed by atoms with E-state index in [-0.39, 0.29) is 10.6 Å². The average molecular weight is 293 g/mol. The van der Waals surface area contributed by atoms with E-state index in [1.165, 1.54) is 50.4 Å². The van der Waals surface area contributed by atoms with E-state index in [4.69, 9.17) is 5.26 Å². The molecule has 1 aliphatic carbocycles. The summed E-state index contributed by atoms with van der Waals surface area (Å²) in [6.07, 6.45) is 8.46. The number of nitriles is 1. The van der Waals surface area contributed by atoms with Crippen LogP contribution in [0.5, 0.6) is 0 Å². The molecular formula is C14H19N3O2S. The van der Waals surface area contributed by atoms with E-state index in [1.54, 1.807) is 0 Å². The Morgan fingerprint density at radius 2 is 2.10 bits per heavy atom. The fourth-order valence-electron chi connectivity index (χ4n) is 2.64. The molecule has 6 heteroatoms. The normalized spacial score (nSPS) is 16.8. The van der Waals surface area contributed by atoms with Crippen LogP contribution in [-0.4, -0.2) is 19.9 Å². The topological polar surface area (TPSA) is 82.8 Å². The minimum Gasteiger partial charge on any atom is -0.244 e. The van der Waals surface area contributed by atoms with Crippen LogP contribution in [0.3, 0.4) is 0 Å². The van der Waals surface area contributed by atoms with Gasteiger partial charge >= 0.3 is 0 Å². The van der Waals surface area contributed by atoms with Crippen molar-refractivity contribution in [1.29, 1.82) is 5.26 Å². The van der Waals surface area contributed by atoms with Gasteiger partial charge in [-0.05, 0) is 24.5 Å². The summed E-state index contributed by atoms with van der Waals surface area (Å²) in [4.78, 5) is 3.75. The molecule has 1 N–H and O–H groups in total. The van der Waals surface area contributed by atoms with Crippen molar-refractivity contribution in [1.82, 2.24) is 9.71 Å². The number of aromatic nitrogens is 1. The largest absolute Gasteiger partial charge is 0.244 e. The molecule has 1 aromatic rings. The van der Waals surface area contributed by atoms with Crippen LogP contribution >= 0.6 is 0 Å². The Labute approximate surface area is 120 Å². The molecule has 0 unspecified atom stereocenters. The van der Waals surface area contributed by atoms with E-state index in [2.05, 4.69) is 9.71 Å². The number of nitrogens with zero attached hydrogens (tertiary/aromatic N) is 2. The molecule has 1 aliphatic rings. The first kappa shape index (κ1) is 14.9. The molecular weight excluding hydrogens is 274 g/mol. The van der Waals surface area contributed by atoms with Crippen molar-refractivity contribution < 1.29 is 8.42 Å². The van der Waals surface area contributed by atoms with Gasteiger partial charge in [0.2, 0.25) is 10.0 Å². The van der Waals surface area contributed by atoms with E-state index >= 15 is 0 Å². The average Bonchev–Trinajstić information content (AvgIpc) is 2.48. The second kappa shape index (κ2) is 6.82. The van der Waals surface area contributed by atoms with Crippen LogP contribution in [0.1, 0.15) is 44.2 Å². The minimum atomic E-state index is -3.64. The van der Waals surface area contributed by atoms with Gasteiger partial charge in [-0.25, -0.2) is 18.1 Å². The van der Waals surface area contributed by atoms with Crippen molar-refractivity contribution in [3.63, 3.8) is 0 Å². The fraction of sp³-hybridized carbons (Fsp3) is 0.571. The Bertz CT molecular complexity index is 587. The highest BCUT2D eigenvalue weighted by molar-refractivity contribution is 7.89. The van der Waals surface area contributed by atoms with Gasteiger partial charge in [0, 0.05) is 12.7 Å². The van der Waals surface area contributed by atoms with Crippen molar-refractivity contribution in [3.05, 3.63) is 24.0 Å². The summed E-state index contributed by atoms with van der Waals surface area (Å²) in [6.45, 7) is 0.423. The molecule has 0 spiro atoms. The third-order valence-corrected chi connectivity index (χ3v) is 5.23. The zero-order valence-corrected chi connectivity index (χ0v) is 12.2. The number of hydrogen-bond acceptors (Lipinski definition) is 4. The molecule has 0 aromatic carbocycles. The van der Waals surface area contributed by atoms with Crippen LogP contribution in [0.25, 0.3) is 0 Å². The van der Waals surface area contributed by atoms with Crippen LogP contribution < -0.4 is 4.72 Å². The molecule has 5 nitrogen and oxygen atoms in total. The molecule has 0 bridgehead atoms.